The van der Waals surface area contributed by atoms with E-state index in [0.717, 1.165) is 6.07 Å². The number of anilines is 1. The molecule has 2 atom stereocenters. The Bertz CT molecular complexity index is 467. The average Bonchev–Trinajstić information content (AvgIpc) is 2.31. The van der Waals surface area contributed by atoms with E-state index in [4.69, 9.17) is 4.74 Å². The number of morpholine rings is 1. The Kier molecular flexibility index (Phi) is 3.47. The van der Waals surface area contributed by atoms with Crippen molar-refractivity contribution in [2.45, 2.75) is 26.0 Å². The molecule has 1 aromatic carbocycles. The Morgan fingerprint density at radius 1 is 1.44 bits per heavy atom. The van der Waals surface area contributed by atoms with E-state index in [-0.39, 0.29) is 17.8 Å². The summed E-state index contributed by atoms with van der Waals surface area (Å²) in [6.07, 6.45) is 0.0310. The van der Waals surface area contributed by atoms with E-state index >= 15 is 0 Å². The van der Waals surface area contributed by atoms with Crippen LogP contribution in [0.4, 0.5) is 15.8 Å². The maximum Gasteiger partial charge on any atom is 0.274 e. The Balaban J connectivity index is 2.34. The van der Waals surface area contributed by atoms with Crippen LogP contribution in [-0.4, -0.2) is 30.2 Å². The molecule has 2 unspecified atom stereocenters. The van der Waals surface area contributed by atoms with Gasteiger partial charge in [0.2, 0.25) is 0 Å². The smallest absolute Gasteiger partial charge is 0.274 e. The predicted octanol–water partition coefficient (Wildman–Crippen LogP) is 2.35. The molecule has 2 rings (SSSR count). The molecule has 0 aromatic heterocycles. The minimum atomic E-state index is -0.592. The first-order valence-electron chi connectivity index (χ1n) is 5.80. The molecule has 0 amide bonds. The lowest BCUT2D eigenvalue weighted by Gasteiger charge is -2.38. The van der Waals surface area contributed by atoms with Crippen LogP contribution in [0.15, 0.2) is 18.2 Å². The minimum Gasteiger partial charge on any atom is -0.375 e. The minimum absolute atomic E-state index is 0.0310. The summed E-state index contributed by atoms with van der Waals surface area (Å²) in [6.45, 7) is 5.00. The molecule has 0 N–H and O–H groups in total. The number of ether oxygens (including phenoxy) is 1. The molecule has 0 saturated carbocycles. The molecule has 0 spiro atoms. The van der Waals surface area contributed by atoms with Gasteiger partial charge in [-0.05, 0) is 19.9 Å². The number of hydrogen-bond acceptors (Lipinski definition) is 4. The number of benzene rings is 1. The van der Waals surface area contributed by atoms with Gasteiger partial charge in [-0.15, -0.1) is 0 Å². The Labute approximate surface area is 104 Å². The van der Waals surface area contributed by atoms with Gasteiger partial charge < -0.3 is 9.64 Å². The molecule has 1 aromatic rings. The Hall–Kier alpha value is -1.69. The lowest BCUT2D eigenvalue weighted by molar-refractivity contribution is -0.385. The van der Waals surface area contributed by atoms with Crippen molar-refractivity contribution in [2.24, 2.45) is 0 Å². The van der Waals surface area contributed by atoms with Gasteiger partial charge in [0.15, 0.2) is 0 Å². The number of nitro benzene ring substituents is 1. The van der Waals surface area contributed by atoms with E-state index in [0.29, 0.717) is 18.8 Å². The molecule has 6 heteroatoms. The van der Waals surface area contributed by atoms with E-state index in [1.54, 1.807) is 0 Å². The quantitative estimate of drug-likeness (QED) is 0.600. The van der Waals surface area contributed by atoms with Gasteiger partial charge in [0.25, 0.3) is 5.69 Å². The van der Waals surface area contributed by atoms with E-state index in [1.807, 2.05) is 18.7 Å². The van der Waals surface area contributed by atoms with Crippen LogP contribution in [0.2, 0.25) is 0 Å². The van der Waals surface area contributed by atoms with Crippen molar-refractivity contribution in [3.63, 3.8) is 0 Å². The van der Waals surface area contributed by atoms with Crippen molar-refractivity contribution >= 4 is 11.4 Å². The van der Waals surface area contributed by atoms with Gasteiger partial charge >= 0.3 is 0 Å². The maximum absolute atomic E-state index is 13.4. The van der Waals surface area contributed by atoms with Gasteiger partial charge in [0.05, 0.1) is 23.7 Å². The molecule has 1 heterocycles. The summed E-state index contributed by atoms with van der Waals surface area (Å²) < 4.78 is 18.9. The lowest BCUT2D eigenvalue weighted by atomic mass is 10.1. The predicted molar refractivity (Wildman–Crippen MR) is 65.3 cm³/mol. The van der Waals surface area contributed by atoms with Crippen molar-refractivity contribution in [3.8, 4) is 0 Å². The van der Waals surface area contributed by atoms with Crippen LogP contribution in [0.3, 0.4) is 0 Å². The van der Waals surface area contributed by atoms with Gasteiger partial charge in [0, 0.05) is 24.3 Å². The van der Waals surface area contributed by atoms with Crippen LogP contribution in [0.25, 0.3) is 0 Å². The summed E-state index contributed by atoms with van der Waals surface area (Å²) in [6, 6.07) is 3.72. The second-order valence-corrected chi connectivity index (χ2v) is 4.57. The average molecular weight is 254 g/mol. The Morgan fingerprint density at radius 2 is 2.17 bits per heavy atom. The normalized spacial score (nSPS) is 24.1. The van der Waals surface area contributed by atoms with Crippen LogP contribution in [-0.2, 0) is 4.74 Å². The second kappa shape index (κ2) is 4.89. The highest BCUT2D eigenvalue weighted by molar-refractivity contribution is 5.54. The molecule has 98 valence electrons. The fourth-order valence-electron chi connectivity index (χ4n) is 2.09. The van der Waals surface area contributed by atoms with E-state index in [1.165, 1.54) is 12.1 Å². The van der Waals surface area contributed by atoms with Crippen LogP contribution in [0.5, 0.6) is 0 Å². The summed E-state index contributed by atoms with van der Waals surface area (Å²) in [4.78, 5) is 12.1. The summed E-state index contributed by atoms with van der Waals surface area (Å²) in [5.74, 6) is -0.592. The number of non-ortho nitro benzene ring substituents is 1. The van der Waals surface area contributed by atoms with Crippen LogP contribution in [0.1, 0.15) is 13.8 Å². The second-order valence-electron chi connectivity index (χ2n) is 4.57. The monoisotopic (exact) mass is 254 g/mol. The van der Waals surface area contributed by atoms with Crippen molar-refractivity contribution in [1.29, 1.82) is 0 Å². The van der Waals surface area contributed by atoms with Gasteiger partial charge in [-0.2, -0.15) is 0 Å². The standard InChI is InChI=1S/C12H15FN2O3/c1-8-7-18-9(2)6-14(8)11-3-10(13)4-12(5-11)15(16)17/h3-5,8-9H,6-7H2,1-2H3. The van der Waals surface area contributed by atoms with Gasteiger partial charge in [0.1, 0.15) is 5.82 Å². The fraction of sp³-hybridized carbons (Fsp3) is 0.500. The molecular weight excluding hydrogens is 239 g/mol. The molecule has 0 aliphatic carbocycles. The fourth-order valence-corrected chi connectivity index (χ4v) is 2.09. The zero-order valence-corrected chi connectivity index (χ0v) is 10.3. The zero-order valence-electron chi connectivity index (χ0n) is 10.3. The first-order valence-corrected chi connectivity index (χ1v) is 5.80. The van der Waals surface area contributed by atoms with Crippen molar-refractivity contribution in [1.82, 2.24) is 0 Å². The van der Waals surface area contributed by atoms with Crippen molar-refractivity contribution in [3.05, 3.63) is 34.1 Å². The number of rotatable bonds is 2. The summed E-state index contributed by atoms with van der Waals surface area (Å²) in [7, 11) is 0. The highest BCUT2D eigenvalue weighted by atomic mass is 19.1. The van der Waals surface area contributed by atoms with Crippen LogP contribution in [0, 0.1) is 15.9 Å². The van der Waals surface area contributed by atoms with E-state index < -0.39 is 10.7 Å². The van der Waals surface area contributed by atoms with Crippen LogP contribution >= 0.6 is 0 Å². The third kappa shape index (κ3) is 2.59. The van der Waals surface area contributed by atoms with E-state index in [9.17, 15) is 14.5 Å². The topological polar surface area (TPSA) is 55.6 Å². The summed E-state index contributed by atoms with van der Waals surface area (Å²) in [5.41, 5.74) is 0.306. The number of nitro groups is 1. The first-order chi connectivity index (χ1) is 8.47. The number of halogens is 1. The Morgan fingerprint density at radius 3 is 2.83 bits per heavy atom. The van der Waals surface area contributed by atoms with Crippen LogP contribution < -0.4 is 4.90 Å². The SMILES string of the molecule is CC1CN(c2cc(F)cc([N+](=O)[O-])c2)C(C)CO1. The van der Waals surface area contributed by atoms with Gasteiger partial charge in [-0.1, -0.05) is 0 Å². The first kappa shape index (κ1) is 12.8. The highest BCUT2D eigenvalue weighted by Crippen LogP contribution is 2.27. The molecule has 1 aliphatic heterocycles. The molecule has 1 aliphatic rings. The number of nitrogens with zero attached hydrogens (tertiary/aromatic N) is 2. The molecular formula is C12H15FN2O3. The molecule has 1 saturated heterocycles. The summed E-state index contributed by atoms with van der Waals surface area (Å²) >= 11 is 0. The third-order valence-electron chi connectivity index (χ3n) is 3.02. The molecule has 0 bridgehead atoms. The molecule has 5 nitrogen and oxygen atoms in total. The largest absolute Gasteiger partial charge is 0.375 e. The van der Waals surface area contributed by atoms with Crippen molar-refractivity contribution < 1.29 is 14.1 Å². The van der Waals surface area contributed by atoms with Gasteiger partial charge in [-0.25, -0.2) is 4.39 Å². The lowest BCUT2D eigenvalue weighted by Crippen LogP contribution is -2.47. The molecule has 1 fully saturated rings. The maximum atomic E-state index is 13.4. The third-order valence-corrected chi connectivity index (χ3v) is 3.02. The van der Waals surface area contributed by atoms with E-state index in [2.05, 4.69) is 0 Å². The molecule has 0 radical (unpaired) electrons. The highest BCUT2D eigenvalue weighted by Gasteiger charge is 2.25. The van der Waals surface area contributed by atoms with Crippen molar-refractivity contribution in [2.75, 3.05) is 18.1 Å². The van der Waals surface area contributed by atoms with Gasteiger partial charge in [-0.3, -0.25) is 10.1 Å². The molecule has 18 heavy (non-hydrogen) atoms. The zero-order chi connectivity index (χ0) is 13.3. The number of hydrogen-bond donors (Lipinski definition) is 0. The summed E-state index contributed by atoms with van der Waals surface area (Å²) in [5, 5.41) is 10.7.